The molecule has 1 N–H and O–H groups in total. The molecule has 1 amide bonds. The summed E-state index contributed by atoms with van der Waals surface area (Å²) >= 11 is 0. The van der Waals surface area contributed by atoms with Crippen molar-refractivity contribution < 1.29 is 4.79 Å². The van der Waals surface area contributed by atoms with Crippen LogP contribution in [0.15, 0.2) is 67.0 Å². The molecule has 5 aromatic rings. The molecule has 29 heavy (non-hydrogen) atoms. The van der Waals surface area contributed by atoms with Gasteiger partial charge in [-0.3, -0.25) is 4.79 Å². The molecular formula is C21H17N7O. The van der Waals surface area contributed by atoms with E-state index in [0.717, 1.165) is 28.1 Å². The highest BCUT2D eigenvalue weighted by molar-refractivity contribution is 5.92. The van der Waals surface area contributed by atoms with E-state index >= 15 is 0 Å². The first-order chi connectivity index (χ1) is 14.2. The summed E-state index contributed by atoms with van der Waals surface area (Å²) in [5.41, 5.74) is 4.87. The summed E-state index contributed by atoms with van der Waals surface area (Å²) in [6, 6.07) is 19.1. The molecule has 5 rings (SSSR count). The first kappa shape index (κ1) is 17.1. The minimum absolute atomic E-state index is 0.122. The summed E-state index contributed by atoms with van der Waals surface area (Å²) in [6.07, 6.45) is 1.68. The normalized spacial score (nSPS) is 11.2. The van der Waals surface area contributed by atoms with Crippen LogP contribution in [0.5, 0.6) is 0 Å². The molecule has 142 valence electrons. The molecule has 0 spiro atoms. The number of imidazole rings is 1. The molecule has 0 aliphatic carbocycles. The van der Waals surface area contributed by atoms with Crippen LogP contribution in [0.1, 0.15) is 5.82 Å². The molecule has 0 aliphatic rings. The van der Waals surface area contributed by atoms with Crippen LogP contribution in [-0.4, -0.2) is 35.3 Å². The third kappa shape index (κ3) is 3.20. The first-order valence-electron chi connectivity index (χ1n) is 9.16. The second kappa shape index (κ2) is 6.83. The summed E-state index contributed by atoms with van der Waals surface area (Å²) in [5.74, 6) is 0.599. The van der Waals surface area contributed by atoms with Crippen molar-refractivity contribution in [1.29, 1.82) is 0 Å². The maximum Gasteiger partial charge on any atom is 0.244 e. The van der Waals surface area contributed by atoms with Gasteiger partial charge in [0.1, 0.15) is 6.54 Å². The molecule has 0 fully saturated rings. The Morgan fingerprint density at radius 3 is 2.86 bits per heavy atom. The quantitative estimate of drug-likeness (QED) is 0.515. The summed E-state index contributed by atoms with van der Waals surface area (Å²) in [4.78, 5) is 16.9. The van der Waals surface area contributed by atoms with E-state index in [9.17, 15) is 4.79 Å². The summed E-state index contributed by atoms with van der Waals surface area (Å²) in [6.45, 7) is 2.04. The van der Waals surface area contributed by atoms with Crippen molar-refractivity contribution in [2.75, 3.05) is 5.32 Å². The van der Waals surface area contributed by atoms with Crippen LogP contribution in [0, 0.1) is 6.92 Å². The second-order valence-electron chi connectivity index (χ2n) is 6.73. The smallest absolute Gasteiger partial charge is 0.244 e. The number of carbonyl (C=O) groups excluding carboxylic acids is 1. The molecule has 0 radical (unpaired) electrons. The lowest BCUT2D eigenvalue weighted by Crippen LogP contribution is -2.18. The number of fused-ring (bicyclic) bond motifs is 2. The van der Waals surface area contributed by atoms with Crippen molar-refractivity contribution in [3.63, 3.8) is 0 Å². The number of hydrogen-bond donors (Lipinski definition) is 1. The Morgan fingerprint density at radius 1 is 1.03 bits per heavy atom. The number of nitrogens with zero attached hydrogens (tertiary/aromatic N) is 6. The third-order valence-corrected chi connectivity index (χ3v) is 4.70. The Labute approximate surface area is 165 Å². The maximum absolute atomic E-state index is 12.6. The van der Waals surface area contributed by atoms with Crippen LogP contribution >= 0.6 is 0 Å². The molecule has 3 aromatic heterocycles. The second-order valence-corrected chi connectivity index (χ2v) is 6.73. The summed E-state index contributed by atoms with van der Waals surface area (Å²) < 4.78 is 3.53. The monoisotopic (exact) mass is 383 g/mol. The Hall–Kier alpha value is -4.07. The van der Waals surface area contributed by atoms with Crippen LogP contribution in [0.4, 0.5) is 5.69 Å². The van der Waals surface area contributed by atoms with E-state index < -0.39 is 0 Å². The molecule has 0 saturated heterocycles. The molecule has 8 nitrogen and oxygen atoms in total. The van der Waals surface area contributed by atoms with Gasteiger partial charge in [-0.25, -0.2) is 4.98 Å². The lowest BCUT2D eigenvalue weighted by molar-refractivity contribution is -0.116. The molecule has 0 aliphatic heterocycles. The van der Waals surface area contributed by atoms with Crippen molar-refractivity contribution in [3.05, 3.63) is 72.8 Å². The number of rotatable bonds is 4. The number of anilines is 1. The minimum atomic E-state index is -0.122. The van der Waals surface area contributed by atoms with Crippen molar-refractivity contribution in [2.24, 2.45) is 0 Å². The van der Waals surface area contributed by atoms with Crippen molar-refractivity contribution in [2.45, 2.75) is 13.5 Å². The number of nitrogens with one attached hydrogen (secondary N) is 1. The van der Waals surface area contributed by atoms with Gasteiger partial charge in [-0.1, -0.05) is 24.3 Å². The summed E-state index contributed by atoms with van der Waals surface area (Å²) in [7, 11) is 0. The molecule has 8 heteroatoms. The van der Waals surface area contributed by atoms with Gasteiger partial charge in [0.05, 0.1) is 23.1 Å². The number of benzene rings is 2. The van der Waals surface area contributed by atoms with E-state index in [0.29, 0.717) is 11.3 Å². The molecule has 3 heterocycles. The highest BCUT2D eigenvalue weighted by Gasteiger charge is 2.09. The average Bonchev–Trinajstić information content (AvgIpc) is 3.32. The van der Waals surface area contributed by atoms with E-state index in [-0.39, 0.29) is 12.5 Å². The molecule has 0 unspecified atom stereocenters. The van der Waals surface area contributed by atoms with Crippen LogP contribution in [-0.2, 0) is 11.3 Å². The SMILES string of the molecule is Cc1nnc2ccc(-c3cccc(NC(=O)Cn4cnc5ccccc54)c3)nn12. The van der Waals surface area contributed by atoms with Crippen molar-refractivity contribution >= 4 is 28.3 Å². The zero-order valence-corrected chi connectivity index (χ0v) is 15.6. The van der Waals surface area contributed by atoms with Crippen LogP contribution in [0.3, 0.4) is 0 Å². The van der Waals surface area contributed by atoms with E-state index in [1.165, 1.54) is 0 Å². The van der Waals surface area contributed by atoms with Gasteiger partial charge in [0.25, 0.3) is 0 Å². The molecule has 0 bridgehead atoms. The fourth-order valence-electron chi connectivity index (χ4n) is 3.30. The predicted molar refractivity (Wildman–Crippen MR) is 109 cm³/mol. The van der Waals surface area contributed by atoms with E-state index in [1.807, 2.05) is 72.2 Å². The number of aromatic nitrogens is 6. The van der Waals surface area contributed by atoms with Crippen molar-refractivity contribution in [3.8, 4) is 11.3 Å². The van der Waals surface area contributed by atoms with E-state index in [1.54, 1.807) is 10.8 Å². The predicted octanol–water partition coefficient (Wildman–Crippen LogP) is 3.09. The highest BCUT2D eigenvalue weighted by Crippen LogP contribution is 2.21. The number of amides is 1. The van der Waals surface area contributed by atoms with Gasteiger partial charge in [-0.2, -0.15) is 9.61 Å². The number of aryl methyl sites for hydroxylation is 1. The molecular weight excluding hydrogens is 366 g/mol. The molecule has 0 atom stereocenters. The van der Waals surface area contributed by atoms with Crippen LogP contribution < -0.4 is 5.32 Å². The topological polar surface area (TPSA) is 90.0 Å². The van der Waals surface area contributed by atoms with Gasteiger partial charge in [0, 0.05) is 11.3 Å². The fraction of sp³-hybridized carbons (Fsp3) is 0.0952. The van der Waals surface area contributed by atoms with E-state index in [4.69, 9.17) is 0 Å². The standard InChI is InChI=1S/C21H17N7O/c1-14-24-25-20-10-9-17(26-28(14)20)15-5-4-6-16(11-15)23-21(29)12-27-13-22-18-7-2-3-8-19(18)27/h2-11,13H,12H2,1H3,(H,23,29). The van der Waals surface area contributed by atoms with Crippen LogP contribution in [0.25, 0.3) is 27.9 Å². The Morgan fingerprint density at radius 2 is 1.93 bits per heavy atom. The van der Waals surface area contributed by atoms with Gasteiger partial charge in [-0.15, -0.1) is 10.2 Å². The average molecular weight is 383 g/mol. The fourth-order valence-corrected chi connectivity index (χ4v) is 3.30. The van der Waals surface area contributed by atoms with Gasteiger partial charge in [0.2, 0.25) is 5.91 Å². The Balaban J connectivity index is 1.37. The number of hydrogen-bond acceptors (Lipinski definition) is 5. The van der Waals surface area contributed by atoms with Crippen LogP contribution in [0.2, 0.25) is 0 Å². The van der Waals surface area contributed by atoms with Gasteiger partial charge >= 0.3 is 0 Å². The minimum Gasteiger partial charge on any atom is -0.325 e. The lowest BCUT2D eigenvalue weighted by Gasteiger charge is -2.09. The van der Waals surface area contributed by atoms with Gasteiger partial charge in [0.15, 0.2) is 11.5 Å². The Bertz CT molecular complexity index is 1350. The van der Waals surface area contributed by atoms with Gasteiger partial charge < -0.3 is 9.88 Å². The summed E-state index contributed by atoms with van der Waals surface area (Å²) in [5, 5.41) is 15.6. The Kier molecular flexibility index (Phi) is 4.02. The maximum atomic E-state index is 12.6. The number of para-hydroxylation sites is 2. The van der Waals surface area contributed by atoms with Crippen molar-refractivity contribution in [1.82, 2.24) is 29.4 Å². The van der Waals surface area contributed by atoms with E-state index in [2.05, 4.69) is 25.6 Å². The molecule has 2 aromatic carbocycles. The largest absolute Gasteiger partial charge is 0.325 e. The van der Waals surface area contributed by atoms with Gasteiger partial charge in [-0.05, 0) is 43.3 Å². The lowest BCUT2D eigenvalue weighted by atomic mass is 10.1. The number of carbonyl (C=O) groups is 1. The first-order valence-corrected chi connectivity index (χ1v) is 9.16. The zero-order valence-electron chi connectivity index (χ0n) is 15.6. The molecule has 0 saturated carbocycles. The highest BCUT2D eigenvalue weighted by atomic mass is 16.1. The third-order valence-electron chi connectivity index (χ3n) is 4.70. The zero-order chi connectivity index (χ0) is 19.8.